The van der Waals surface area contributed by atoms with E-state index in [0.29, 0.717) is 0 Å². The summed E-state index contributed by atoms with van der Waals surface area (Å²) in [6, 6.07) is 3.85. The first-order valence-electron chi connectivity index (χ1n) is 5.37. The second-order valence-electron chi connectivity index (χ2n) is 4.12. The summed E-state index contributed by atoms with van der Waals surface area (Å²) in [5.74, 6) is -0.949. The Morgan fingerprint density at radius 2 is 2.17 bits per heavy atom. The third-order valence-corrected chi connectivity index (χ3v) is 2.81. The highest BCUT2D eigenvalue weighted by atomic mass is 35.5. The van der Waals surface area contributed by atoms with Crippen LogP contribution >= 0.6 is 23.8 Å². The second-order valence-corrected chi connectivity index (χ2v) is 5.05. The molecule has 0 heterocycles. The molecule has 0 fully saturated rings. The van der Waals surface area contributed by atoms with E-state index in [1.54, 1.807) is 0 Å². The molecule has 0 bridgehead atoms. The third-order valence-electron chi connectivity index (χ3n) is 2.38. The number of carbonyl (C=O) groups excluding carboxylic acids is 1. The van der Waals surface area contributed by atoms with Gasteiger partial charge < -0.3 is 10.6 Å². The van der Waals surface area contributed by atoms with Crippen molar-refractivity contribution in [3.05, 3.63) is 34.6 Å². The molecule has 18 heavy (non-hydrogen) atoms. The van der Waals surface area contributed by atoms with Crippen LogP contribution in [0, 0.1) is 5.82 Å². The van der Waals surface area contributed by atoms with Gasteiger partial charge in [0.25, 0.3) is 5.91 Å². The molecule has 0 saturated carbocycles. The van der Waals surface area contributed by atoms with Crippen molar-refractivity contribution in [3.63, 3.8) is 0 Å². The largest absolute Gasteiger partial charge is 0.392 e. The molecule has 0 unspecified atom stereocenters. The van der Waals surface area contributed by atoms with Crippen LogP contribution in [-0.4, -0.2) is 28.4 Å². The lowest BCUT2D eigenvalue weighted by atomic mass is 10.1. The number of nitrogens with two attached hydrogens (primary N) is 1. The maximum absolute atomic E-state index is 13.3. The summed E-state index contributed by atoms with van der Waals surface area (Å²) in [4.78, 5) is 13.9. The highest BCUT2D eigenvalue weighted by molar-refractivity contribution is 7.80. The van der Waals surface area contributed by atoms with Crippen LogP contribution < -0.4 is 5.73 Å². The summed E-state index contributed by atoms with van der Waals surface area (Å²) < 4.78 is 13.3. The van der Waals surface area contributed by atoms with Crippen molar-refractivity contribution in [3.8, 4) is 0 Å². The normalized spacial score (nSPS) is 10.5. The van der Waals surface area contributed by atoms with Gasteiger partial charge in [0.2, 0.25) is 0 Å². The van der Waals surface area contributed by atoms with Gasteiger partial charge in [-0.25, -0.2) is 4.39 Å². The predicted molar refractivity (Wildman–Crippen MR) is 74.4 cm³/mol. The number of halogens is 2. The Labute approximate surface area is 116 Å². The van der Waals surface area contributed by atoms with Gasteiger partial charge in [-0.15, -0.1) is 0 Å². The Balaban J connectivity index is 3.02. The smallest absolute Gasteiger partial charge is 0.254 e. The molecule has 1 aromatic rings. The molecule has 1 aromatic carbocycles. The first kappa shape index (κ1) is 14.9. The van der Waals surface area contributed by atoms with E-state index in [2.05, 4.69) is 0 Å². The lowest BCUT2D eigenvalue weighted by Gasteiger charge is -2.26. The van der Waals surface area contributed by atoms with Gasteiger partial charge in [-0.3, -0.25) is 4.79 Å². The molecule has 1 rings (SSSR count). The van der Waals surface area contributed by atoms with E-state index in [0.717, 1.165) is 6.07 Å². The summed E-state index contributed by atoms with van der Waals surface area (Å²) in [7, 11) is 0. The van der Waals surface area contributed by atoms with Gasteiger partial charge in [0.1, 0.15) is 5.82 Å². The molecule has 0 atom stereocenters. The maximum atomic E-state index is 13.3. The van der Waals surface area contributed by atoms with Crippen LogP contribution in [0.5, 0.6) is 0 Å². The Kier molecular flexibility index (Phi) is 5.04. The molecule has 2 N–H and O–H groups in total. The number of rotatable bonds is 4. The van der Waals surface area contributed by atoms with Crippen molar-refractivity contribution in [1.29, 1.82) is 0 Å². The molecule has 0 aliphatic heterocycles. The summed E-state index contributed by atoms with van der Waals surface area (Å²) in [5.41, 5.74) is 5.67. The summed E-state index contributed by atoms with van der Waals surface area (Å²) >= 11 is 10.4. The predicted octanol–water partition coefficient (Wildman–Crippen LogP) is 2.62. The number of thiocarbonyl (C=S) groups is 1. The number of carbonyl (C=O) groups is 1. The molecule has 1 amide bonds. The minimum Gasteiger partial charge on any atom is -0.392 e. The molecule has 3 nitrogen and oxygen atoms in total. The quantitative estimate of drug-likeness (QED) is 0.867. The minimum atomic E-state index is -0.624. The summed E-state index contributed by atoms with van der Waals surface area (Å²) in [6.07, 6.45) is 0. The fourth-order valence-corrected chi connectivity index (χ4v) is 1.71. The number of hydrogen-bond donors (Lipinski definition) is 1. The Morgan fingerprint density at radius 3 is 2.61 bits per heavy atom. The summed E-state index contributed by atoms with van der Waals surface area (Å²) in [6.45, 7) is 3.83. The van der Waals surface area contributed by atoms with Crippen molar-refractivity contribution in [2.24, 2.45) is 5.73 Å². The van der Waals surface area contributed by atoms with Gasteiger partial charge in [0.15, 0.2) is 0 Å². The number of nitrogens with zero attached hydrogens (tertiary/aromatic N) is 1. The lowest BCUT2D eigenvalue weighted by Crippen LogP contribution is -2.42. The molecule has 98 valence electrons. The average molecular weight is 289 g/mol. The minimum absolute atomic E-state index is 0.0167. The lowest BCUT2D eigenvalue weighted by molar-refractivity contribution is 0.0735. The van der Waals surface area contributed by atoms with Crippen molar-refractivity contribution in [1.82, 2.24) is 4.90 Å². The van der Waals surface area contributed by atoms with E-state index in [1.807, 2.05) is 13.8 Å². The van der Waals surface area contributed by atoms with Gasteiger partial charge in [0, 0.05) is 11.6 Å². The highest BCUT2D eigenvalue weighted by Gasteiger charge is 2.20. The fraction of sp³-hybridized carbons (Fsp3) is 0.333. The third kappa shape index (κ3) is 3.65. The van der Waals surface area contributed by atoms with E-state index in [-0.39, 0.29) is 34.1 Å². The second kappa shape index (κ2) is 6.11. The zero-order valence-corrected chi connectivity index (χ0v) is 11.7. The molecule has 0 aromatic heterocycles. The SMILES string of the molecule is CC(C)N(CC(N)=S)C(=O)c1ccc(Cl)c(F)c1. The van der Waals surface area contributed by atoms with Crippen LogP contribution in [0.3, 0.4) is 0 Å². The molecule has 0 aliphatic carbocycles. The molecule has 0 saturated heterocycles. The van der Waals surface area contributed by atoms with E-state index in [9.17, 15) is 9.18 Å². The Morgan fingerprint density at radius 1 is 1.56 bits per heavy atom. The first-order valence-corrected chi connectivity index (χ1v) is 6.16. The number of benzene rings is 1. The number of hydrogen-bond acceptors (Lipinski definition) is 2. The Hall–Kier alpha value is -1.20. The maximum Gasteiger partial charge on any atom is 0.254 e. The van der Waals surface area contributed by atoms with E-state index >= 15 is 0 Å². The van der Waals surface area contributed by atoms with Crippen LogP contribution in [0.4, 0.5) is 4.39 Å². The van der Waals surface area contributed by atoms with Gasteiger partial charge in [0.05, 0.1) is 16.6 Å². The van der Waals surface area contributed by atoms with Gasteiger partial charge in [-0.1, -0.05) is 23.8 Å². The first-order chi connectivity index (χ1) is 8.32. The van der Waals surface area contributed by atoms with Crippen LogP contribution in [0.25, 0.3) is 0 Å². The molecular formula is C12H14ClFN2OS. The van der Waals surface area contributed by atoms with Crippen molar-refractivity contribution in [2.45, 2.75) is 19.9 Å². The highest BCUT2D eigenvalue weighted by Crippen LogP contribution is 2.17. The van der Waals surface area contributed by atoms with Crippen LogP contribution in [0.1, 0.15) is 24.2 Å². The van der Waals surface area contributed by atoms with Crippen LogP contribution in [-0.2, 0) is 0 Å². The van der Waals surface area contributed by atoms with Gasteiger partial charge in [-0.2, -0.15) is 0 Å². The topological polar surface area (TPSA) is 46.3 Å². The van der Waals surface area contributed by atoms with E-state index in [1.165, 1.54) is 17.0 Å². The van der Waals surface area contributed by atoms with E-state index < -0.39 is 5.82 Å². The van der Waals surface area contributed by atoms with Crippen LogP contribution in [0.15, 0.2) is 18.2 Å². The summed E-state index contributed by atoms with van der Waals surface area (Å²) in [5, 5.41) is -0.0167. The van der Waals surface area contributed by atoms with Crippen molar-refractivity contribution >= 4 is 34.7 Å². The fourth-order valence-electron chi connectivity index (χ4n) is 1.45. The van der Waals surface area contributed by atoms with Gasteiger partial charge in [-0.05, 0) is 32.0 Å². The molecular weight excluding hydrogens is 275 g/mol. The number of amides is 1. The molecule has 0 radical (unpaired) electrons. The average Bonchev–Trinajstić information content (AvgIpc) is 2.28. The molecule has 6 heteroatoms. The zero-order chi connectivity index (χ0) is 13.9. The molecule has 0 aliphatic rings. The van der Waals surface area contributed by atoms with E-state index in [4.69, 9.17) is 29.6 Å². The van der Waals surface area contributed by atoms with Crippen molar-refractivity contribution < 1.29 is 9.18 Å². The van der Waals surface area contributed by atoms with Crippen molar-refractivity contribution in [2.75, 3.05) is 6.54 Å². The Bertz CT molecular complexity index is 479. The molecule has 0 spiro atoms. The monoisotopic (exact) mass is 288 g/mol. The standard InChI is InChI=1S/C12H14ClFN2OS/c1-7(2)16(6-11(15)18)12(17)8-3-4-9(13)10(14)5-8/h3-5,7H,6H2,1-2H3,(H2,15,18). The zero-order valence-electron chi connectivity index (χ0n) is 10.1. The van der Waals surface area contributed by atoms with Gasteiger partial charge >= 0.3 is 0 Å². The van der Waals surface area contributed by atoms with Crippen LogP contribution in [0.2, 0.25) is 5.02 Å².